The van der Waals surface area contributed by atoms with E-state index in [2.05, 4.69) is 0 Å². The largest absolute Gasteiger partial charge is 0.493 e. The third kappa shape index (κ3) is 4.58. The molecular weight excluding hydrogens is 280 g/mol. The van der Waals surface area contributed by atoms with Crippen LogP contribution in [0.5, 0.6) is 11.5 Å². The summed E-state index contributed by atoms with van der Waals surface area (Å²) in [5, 5.41) is 0.462. The summed E-state index contributed by atoms with van der Waals surface area (Å²) in [6.45, 7) is 0.783. The van der Waals surface area contributed by atoms with Gasteiger partial charge in [-0.05, 0) is 24.1 Å². The van der Waals surface area contributed by atoms with Crippen molar-refractivity contribution in [3.8, 4) is 11.5 Å². The number of nitrogens with zero attached hydrogens (tertiary/aromatic N) is 1. The molecule has 0 bridgehead atoms. The van der Waals surface area contributed by atoms with Gasteiger partial charge in [-0.25, -0.2) is 0 Å². The van der Waals surface area contributed by atoms with Gasteiger partial charge in [0.1, 0.15) is 0 Å². The van der Waals surface area contributed by atoms with Crippen LogP contribution in [0, 0.1) is 0 Å². The molecule has 0 aromatic heterocycles. The van der Waals surface area contributed by atoms with E-state index in [1.54, 1.807) is 38.2 Å². The van der Waals surface area contributed by atoms with Crippen LogP contribution in [0.2, 0.25) is 5.02 Å². The molecule has 5 nitrogen and oxygen atoms in total. The van der Waals surface area contributed by atoms with Gasteiger partial charge in [-0.1, -0.05) is 11.6 Å². The lowest BCUT2D eigenvalue weighted by Gasteiger charge is -2.14. The van der Waals surface area contributed by atoms with E-state index in [0.29, 0.717) is 42.5 Å². The summed E-state index contributed by atoms with van der Waals surface area (Å²) in [7, 11) is 5.01. The maximum atomic E-state index is 11.4. The predicted octanol–water partition coefficient (Wildman–Crippen LogP) is 2.05. The number of ether oxygens (including phenoxy) is 2. The van der Waals surface area contributed by atoms with E-state index >= 15 is 0 Å². The van der Waals surface area contributed by atoms with Crippen molar-refractivity contribution in [1.82, 2.24) is 4.90 Å². The monoisotopic (exact) mass is 300 g/mol. The lowest BCUT2D eigenvalue weighted by Crippen LogP contribution is -2.21. The molecule has 0 heterocycles. The van der Waals surface area contributed by atoms with Crippen LogP contribution in [0.15, 0.2) is 12.1 Å². The molecular formula is C14H21ClN2O3. The fraction of sp³-hybridized carbons (Fsp3) is 0.500. The first-order chi connectivity index (χ1) is 9.49. The second-order valence-electron chi connectivity index (χ2n) is 4.55. The first-order valence-corrected chi connectivity index (χ1v) is 6.76. The van der Waals surface area contributed by atoms with Gasteiger partial charge in [0.05, 0.1) is 18.7 Å². The maximum absolute atomic E-state index is 11.4. The average Bonchev–Trinajstić information content (AvgIpc) is 2.43. The first-order valence-electron chi connectivity index (χ1n) is 6.39. The lowest BCUT2D eigenvalue weighted by atomic mass is 10.2. The summed E-state index contributed by atoms with van der Waals surface area (Å²) >= 11 is 6.15. The standard InChI is InChI=1S/C14H21ClN2O3/c1-17(2)13(18)5-4-6-20-14-11(15)7-10(9-16)8-12(14)19-3/h7-8H,4-6,9,16H2,1-3H3. The molecule has 1 rings (SSSR count). The van der Waals surface area contributed by atoms with E-state index in [1.807, 2.05) is 0 Å². The molecule has 0 aliphatic heterocycles. The predicted molar refractivity (Wildman–Crippen MR) is 79.3 cm³/mol. The molecule has 1 aromatic rings. The van der Waals surface area contributed by atoms with E-state index < -0.39 is 0 Å². The highest BCUT2D eigenvalue weighted by molar-refractivity contribution is 6.32. The Morgan fingerprint density at radius 3 is 2.65 bits per heavy atom. The first kappa shape index (κ1) is 16.6. The molecule has 0 saturated carbocycles. The van der Waals surface area contributed by atoms with Gasteiger partial charge in [-0.3, -0.25) is 4.79 Å². The van der Waals surface area contributed by atoms with Gasteiger partial charge < -0.3 is 20.1 Å². The Bertz CT molecular complexity index is 464. The summed E-state index contributed by atoms with van der Waals surface area (Å²) in [5.41, 5.74) is 6.46. The van der Waals surface area contributed by atoms with Crippen LogP contribution in [0.1, 0.15) is 18.4 Å². The van der Waals surface area contributed by atoms with E-state index in [0.717, 1.165) is 5.56 Å². The Labute approximate surface area is 124 Å². The summed E-state index contributed by atoms with van der Waals surface area (Å²) in [4.78, 5) is 13.0. The minimum absolute atomic E-state index is 0.0742. The highest BCUT2D eigenvalue weighted by atomic mass is 35.5. The number of hydrogen-bond donors (Lipinski definition) is 1. The summed E-state index contributed by atoms with van der Waals surface area (Å²) in [5.74, 6) is 1.12. The van der Waals surface area contributed by atoms with E-state index in [-0.39, 0.29) is 5.91 Å². The number of carbonyl (C=O) groups is 1. The number of halogens is 1. The summed E-state index contributed by atoms with van der Waals surface area (Å²) < 4.78 is 10.9. The molecule has 0 spiro atoms. The molecule has 112 valence electrons. The molecule has 1 aromatic carbocycles. The second kappa shape index (κ2) is 7.97. The zero-order chi connectivity index (χ0) is 15.1. The molecule has 0 aliphatic carbocycles. The van der Waals surface area contributed by atoms with Gasteiger partial charge in [0.25, 0.3) is 0 Å². The SMILES string of the molecule is COc1cc(CN)cc(Cl)c1OCCCC(=O)N(C)C. The van der Waals surface area contributed by atoms with Crippen molar-refractivity contribution in [2.24, 2.45) is 5.73 Å². The van der Waals surface area contributed by atoms with Crippen molar-refractivity contribution in [1.29, 1.82) is 0 Å². The number of carbonyl (C=O) groups excluding carboxylic acids is 1. The Morgan fingerprint density at radius 1 is 1.40 bits per heavy atom. The zero-order valence-corrected chi connectivity index (χ0v) is 12.9. The molecule has 0 fully saturated rings. The molecule has 0 atom stereocenters. The topological polar surface area (TPSA) is 64.8 Å². The third-order valence-corrected chi connectivity index (χ3v) is 3.09. The Kier molecular flexibility index (Phi) is 6.61. The molecule has 0 unspecified atom stereocenters. The minimum Gasteiger partial charge on any atom is -0.493 e. The number of benzene rings is 1. The van der Waals surface area contributed by atoms with Crippen LogP contribution in [0.4, 0.5) is 0 Å². The second-order valence-corrected chi connectivity index (χ2v) is 4.96. The highest BCUT2D eigenvalue weighted by Crippen LogP contribution is 2.36. The molecule has 2 N–H and O–H groups in total. The van der Waals surface area contributed by atoms with Gasteiger partial charge in [-0.15, -0.1) is 0 Å². The summed E-state index contributed by atoms with van der Waals surface area (Å²) in [6.07, 6.45) is 1.06. The van der Waals surface area contributed by atoms with Crippen LogP contribution in [0.3, 0.4) is 0 Å². The normalized spacial score (nSPS) is 10.2. The molecule has 6 heteroatoms. The fourth-order valence-electron chi connectivity index (χ4n) is 1.65. The van der Waals surface area contributed by atoms with Crippen molar-refractivity contribution in [2.75, 3.05) is 27.8 Å². The van der Waals surface area contributed by atoms with Crippen LogP contribution >= 0.6 is 11.6 Å². The number of nitrogens with two attached hydrogens (primary N) is 1. The van der Waals surface area contributed by atoms with Gasteiger partial charge in [0, 0.05) is 27.1 Å². The van der Waals surface area contributed by atoms with Crippen molar-refractivity contribution in [2.45, 2.75) is 19.4 Å². The molecule has 0 aliphatic rings. The molecule has 1 amide bonds. The fourth-order valence-corrected chi connectivity index (χ4v) is 1.94. The van der Waals surface area contributed by atoms with Crippen LogP contribution in [0.25, 0.3) is 0 Å². The van der Waals surface area contributed by atoms with Gasteiger partial charge >= 0.3 is 0 Å². The Morgan fingerprint density at radius 2 is 2.10 bits per heavy atom. The summed E-state index contributed by atoms with van der Waals surface area (Å²) in [6, 6.07) is 3.55. The van der Waals surface area contributed by atoms with E-state index in [9.17, 15) is 4.79 Å². The van der Waals surface area contributed by atoms with Crippen molar-refractivity contribution in [3.05, 3.63) is 22.7 Å². The average molecular weight is 301 g/mol. The molecule has 20 heavy (non-hydrogen) atoms. The van der Waals surface area contributed by atoms with Crippen LogP contribution < -0.4 is 15.2 Å². The number of hydrogen-bond acceptors (Lipinski definition) is 4. The van der Waals surface area contributed by atoms with E-state index in [1.165, 1.54) is 0 Å². The van der Waals surface area contributed by atoms with Crippen LogP contribution in [-0.2, 0) is 11.3 Å². The van der Waals surface area contributed by atoms with Crippen molar-refractivity contribution >= 4 is 17.5 Å². The number of amides is 1. The molecule has 0 radical (unpaired) electrons. The maximum Gasteiger partial charge on any atom is 0.222 e. The quantitative estimate of drug-likeness (QED) is 0.783. The minimum atomic E-state index is 0.0742. The smallest absolute Gasteiger partial charge is 0.222 e. The van der Waals surface area contributed by atoms with Gasteiger partial charge in [-0.2, -0.15) is 0 Å². The van der Waals surface area contributed by atoms with Gasteiger partial charge in [0.2, 0.25) is 5.91 Å². The zero-order valence-electron chi connectivity index (χ0n) is 12.1. The van der Waals surface area contributed by atoms with Crippen molar-refractivity contribution < 1.29 is 14.3 Å². The number of rotatable bonds is 7. The van der Waals surface area contributed by atoms with Gasteiger partial charge in [0.15, 0.2) is 11.5 Å². The highest BCUT2D eigenvalue weighted by Gasteiger charge is 2.12. The number of methoxy groups -OCH3 is 1. The Hall–Kier alpha value is -1.46. The lowest BCUT2D eigenvalue weighted by molar-refractivity contribution is -0.128. The van der Waals surface area contributed by atoms with Crippen molar-refractivity contribution in [3.63, 3.8) is 0 Å². The van der Waals surface area contributed by atoms with Crippen LogP contribution in [-0.4, -0.2) is 38.6 Å². The Balaban J connectivity index is 2.61. The molecule has 0 saturated heterocycles. The van der Waals surface area contributed by atoms with E-state index in [4.69, 9.17) is 26.8 Å². The third-order valence-electron chi connectivity index (χ3n) is 2.81.